The van der Waals surface area contributed by atoms with Gasteiger partial charge in [0.1, 0.15) is 0 Å². The van der Waals surface area contributed by atoms with E-state index in [-0.39, 0.29) is 12.5 Å². The summed E-state index contributed by atoms with van der Waals surface area (Å²) in [5.41, 5.74) is 5.74. The predicted octanol–water partition coefficient (Wildman–Crippen LogP) is 0.0305. The van der Waals surface area contributed by atoms with Crippen molar-refractivity contribution in [3.63, 3.8) is 0 Å². The molecule has 2 unspecified atom stereocenters. The lowest BCUT2D eigenvalue weighted by atomic mass is 9.76. The number of hydrogen-bond acceptors (Lipinski definition) is 4. The first kappa shape index (κ1) is 14.8. The van der Waals surface area contributed by atoms with E-state index in [1.807, 2.05) is 4.90 Å². The Morgan fingerprint density at radius 3 is 2.63 bits per heavy atom. The Bertz CT molecular complexity index is 316. The highest BCUT2D eigenvalue weighted by atomic mass is 16.3. The molecule has 1 saturated carbocycles. The van der Waals surface area contributed by atoms with Crippen LogP contribution in [0.1, 0.15) is 32.6 Å². The third kappa shape index (κ3) is 3.46. The Morgan fingerprint density at radius 2 is 2.05 bits per heavy atom. The second kappa shape index (κ2) is 6.20. The molecule has 2 atom stereocenters. The number of β-amino-alcohol motifs (C(OH)–C–C–N with tert-alkyl or cyclic N) is 1. The van der Waals surface area contributed by atoms with Gasteiger partial charge in [-0.3, -0.25) is 9.69 Å². The summed E-state index contributed by atoms with van der Waals surface area (Å²) < 4.78 is 0. The summed E-state index contributed by atoms with van der Waals surface area (Å²) in [4.78, 5) is 16.7. The van der Waals surface area contributed by atoms with Crippen molar-refractivity contribution < 1.29 is 9.90 Å². The van der Waals surface area contributed by atoms with Crippen LogP contribution >= 0.6 is 0 Å². The maximum atomic E-state index is 12.6. The topological polar surface area (TPSA) is 69.8 Å². The highest BCUT2D eigenvalue weighted by Crippen LogP contribution is 2.32. The van der Waals surface area contributed by atoms with Crippen molar-refractivity contribution in [1.82, 2.24) is 9.80 Å². The van der Waals surface area contributed by atoms with Crippen molar-refractivity contribution in [3.8, 4) is 0 Å². The van der Waals surface area contributed by atoms with Crippen LogP contribution in [-0.4, -0.2) is 65.7 Å². The number of rotatable bonds is 3. The molecular formula is C14H27N3O2. The van der Waals surface area contributed by atoms with Crippen LogP contribution < -0.4 is 5.73 Å². The monoisotopic (exact) mass is 269 g/mol. The maximum Gasteiger partial charge on any atom is 0.242 e. The molecule has 2 rings (SSSR count). The van der Waals surface area contributed by atoms with Crippen molar-refractivity contribution in [2.24, 2.45) is 11.7 Å². The first-order valence-corrected chi connectivity index (χ1v) is 7.46. The number of nitrogens with two attached hydrogens (primary N) is 1. The van der Waals surface area contributed by atoms with Gasteiger partial charge in [0.15, 0.2) is 0 Å². The molecule has 1 aliphatic carbocycles. The lowest BCUT2D eigenvalue weighted by Crippen LogP contribution is -2.61. The summed E-state index contributed by atoms with van der Waals surface area (Å²) in [5.74, 6) is 0.695. The van der Waals surface area contributed by atoms with Gasteiger partial charge in [0.05, 0.1) is 12.1 Å². The van der Waals surface area contributed by atoms with E-state index in [1.54, 1.807) is 0 Å². The van der Waals surface area contributed by atoms with Gasteiger partial charge in [-0.2, -0.15) is 0 Å². The Labute approximate surface area is 115 Å². The van der Waals surface area contributed by atoms with Crippen LogP contribution in [0, 0.1) is 5.92 Å². The van der Waals surface area contributed by atoms with Gasteiger partial charge in [0, 0.05) is 32.7 Å². The van der Waals surface area contributed by atoms with E-state index < -0.39 is 5.54 Å². The molecule has 1 saturated heterocycles. The molecule has 0 aromatic carbocycles. The van der Waals surface area contributed by atoms with Crippen LogP contribution in [0.3, 0.4) is 0 Å². The number of piperazine rings is 1. The Morgan fingerprint density at radius 1 is 1.37 bits per heavy atom. The molecule has 0 radical (unpaired) electrons. The summed E-state index contributed by atoms with van der Waals surface area (Å²) in [7, 11) is 0. The van der Waals surface area contributed by atoms with Crippen molar-refractivity contribution >= 4 is 5.91 Å². The lowest BCUT2D eigenvalue weighted by Gasteiger charge is -2.42. The average Bonchev–Trinajstić information content (AvgIpc) is 2.39. The molecule has 5 heteroatoms. The van der Waals surface area contributed by atoms with Gasteiger partial charge in [-0.05, 0) is 18.8 Å². The standard InChI is InChI=1S/C14H27N3O2/c1-12-3-2-4-14(15,11-12)13(19)17-7-5-16(6-8-17)9-10-18/h12,18H,2-11,15H2,1H3. The number of carbonyl (C=O) groups is 1. The van der Waals surface area contributed by atoms with Crippen molar-refractivity contribution in [1.29, 1.82) is 0 Å². The molecule has 19 heavy (non-hydrogen) atoms. The van der Waals surface area contributed by atoms with E-state index in [2.05, 4.69) is 11.8 Å². The molecule has 1 heterocycles. The van der Waals surface area contributed by atoms with Crippen LogP contribution in [0.5, 0.6) is 0 Å². The van der Waals surface area contributed by atoms with Gasteiger partial charge >= 0.3 is 0 Å². The van der Waals surface area contributed by atoms with E-state index in [0.29, 0.717) is 12.5 Å². The molecule has 0 spiro atoms. The smallest absolute Gasteiger partial charge is 0.242 e. The molecule has 110 valence electrons. The maximum absolute atomic E-state index is 12.6. The fourth-order valence-electron chi connectivity index (χ4n) is 3.42. The largest absolute Gasteiger partial charge is 0.395 e. The minimum atomic E-state index is -0.628. The quantitative estimate of drug-likeness (QED) is 0.758. The Balaban J connectivity index is 1.90. The number of aliphatic hydroxyl groups is 1. The third-order valence-electron chi connectivity index (χ3n) is 4.53. The molecule has 1 aliphatic heterocycles. The van der Waals surface area contributed by atoms with Gasteiger partial charge in [-0.15, -0.1) is 0 Å². The van der Waals surface area contributed by atoms with Crippen molar-refractivity contribution in [2.75, 3.05) is 39.3 Å². The zero-order valence-corrected chi connectivity index (χ0v) is 12.0. The summed E-state index contributed by atoms with van der Waals surface area (Å²) in [6.07, 6.45) is 3.90. The Kier molecular flexibility index (Phi) is 4.81. The second-order valence-corrected chi connectivity index (χ2v) is 6.22. The summed E-state index contributed by atoms with van der Waals surface area (Å²) in [5, 5.41) is 8.93. The van der Waals surface area contributed by atoms with Crippen LogP contribution in [-0.2, 0) is 4.79 Å². The number of aliphatic hydroxyl groups excluding tert-OH is 1. The molecule has 1 amide bonds. The van der Waals surface area contributed by atoms with E-state index >= 15 is 0 Å². The predicted molar refractivity (Wildman–Crippen MR) is 74.7 cm³/mol. The molecule has 0 aromatic heterocycles. The number of carbonyl (C=O) groups excluding carboxylic acids is 1. The minimum absolute atomic E-state index is 0.141. The summed E-state index contributed by atoms with van der Waals surface area (Å²) in [6.45, 7) is 6.25. The van der Waals surface area contributed by atoms with Crippen LogP contribution in [0.15, 0.2) is 0 Å². The molecule has 0 aromatic rings. The minimum Gasteiger partial charge on any atom is -0.395 e. The van der Waals surface area contributed by atoms with Gasteiger partial charge in [-0.25, -0.2) is 0 Å². The molecule has 3 N–H and O–H groups in total. The normalized spacial score (nSPS) is 33.4. The third-order valence-corrected chi connectivity index (χ3v) is 4.53. The fourth-order valence-corrected chi connectivity index (χ4v) is 3.42. The first-order valence-electron chi connectivity index (χ1n) is 7.46. The van der Waals surface area contributed by atoms with Gasteiger partial charge in [-0.1, -0.05) is 19.8 Å². The zero-order valence-electron chi connectivity index (χ0n) is 12.0. The molecule has 2 fully saturated rings. The van der Waals surface area contributed by atoms with E-state index in [4.69, 9.17) is 10.8 Å². The zero-order chi connectivity index (χ0) is 13.9. The molecule has 2 aliphatic rings. The average molecular weight is 269 g/mol. The molecular weight excluding hydrogens is 242 g/mol. The Hall–Kier alpha value is -0.650. The highest BCUT2D eigenvalue weighted by Gasteiger charge is 2.41. The van der Waals surface area contributed by atoms with Crippen molar-refractivity contribution in [2.45, 2.75) is 38.1 Å². The number of nitrogens with zero attached hydrogens (tertiary/aromatic N) is 2. The van der Waals surface area contributed by atoms with Crippen molar-refractivity contribution in [3.05, 3.63) is 0 Å². The van der Waals surface area contributed by atoms with Crippen LogP contribution in [0.2, 0.25) is 0 Å². The fraction of sp³-hybridized carbons (Fsp3) is 0.929. The van der Waals surface area contributed by atoms with Gasteiger partial charge in [0.2, 0.25) is 5.91 Å². The SMILES string of the molecule is CC1CCCC(N)(C(=O)N2CCN(CCO)CC2)C1. The lowest BCUT2D eigenvalue weighted by molar-refractivity contribution is -0.140. The van der Waals surface area contributed by atoms with E-state index in [9.17, 15) is 4.79 Å². The molecule has 0 bridgehead atoms. The number of amides is 1. The van der Waals surface area contributed by atoms with Crippen LogP contribution in [0.4, 0.5) is 0 Å². The number of hydrogen-bond donors (Lipinski definition) is 2. The van der Waals surface area contributed by atoms with E-state index in [0.717, 1.165) is 45.4 Å². The van der Waals surface area contributed by atoms with Gasteiger partial charge < -0.3 is 15.7 Å². The summed E-state index contributed by atoms with van der Waals surface area (Å²) in [6, 6.07) is 0. The first-order chi connectivity index (χ1) is 9.05. The molecule has 5 nitrogen and oxygen atoms in total. The highest BCUT2D eigenvalue weighted by molar-refractivity contribution is 5.86. The summed E-state index contributed by atoms with van der Waals surface area (Å²) >= 11 is 0. The van der Waals surface area contributed by atoms with Gasteiger partial charge in [0.25, 0.3) is 0 Å². The van der Waals surface area contributed by atoms with Crippen LogP contribution in [0.25, 0.3) is 0 Å². The van der Waals surface area contributed by atoms with E-state index in [1.165, 1.54) is 6.42 Å². The second-order valence-electron chi connectivity index (χ2n) is 6.22.